The fraction of sp³-hybridized carbons (Fsp3) is 0.600. The molecule has 1 aliphatic rings. The molecule has 2 nitrogen and oxygen atoms in total. The van der Waals surface area contributed by atoms with Crippen molar-refractivity contribution in [1.29, 1.82) is 0 Å². The molecule has 0 bridgehead atoms. The van der Waals surface area contributed by atoms with Crippen molar-refractivity contribution in [1.82, 2.24) is 4.98 Å². The van der Waals surface area contributed by atoms with Crippen LogP contribution in [0.25, 0.3) is 0 Å². The molecule has 92 valence electrons. The molecule has 2 atom stereocenters. The Morgan fingerprint density at radius 1 is 1.35 bits per heavy atom. The van der Waals surface area contributed by atoms with Crippen LogP contribution in [0, 0.1) is 11.8 Å². The number of pyridine rings is 1. The first-order valence-corrected chi connectivity index (χ1v) is 6.71. The van der Waals surface area contributed by atoms with E-state index in [1.54, 1.807) is 0 Å². The Kier molecular flexibility index (Phi) is 4.29. The molecule has 1 aromatic heterocycles. The fourth-order valence-corrected chi connectivity index (χ4v) is 2.87. The zero-order valence-corrected chi connectivity index (χ0v) is 10.6. The third-order valence-electron chi connectivity index (χ3n) is 3.80. The molecule has 0 radical (unpaired) electrons. The number of carbonyl (C=O) groups excluding carboxylic acids is 1. The number of Topliss-reactive ketones (excluding diaryl/α,β-unsaturated/α-hetero) is 1. The molecule has 0 aromatic carbocycles. The summed E-state index contributed by atoms with van der Waals surface area (Å²) in [5, 5.41) is 0. The van der Waals surface area contributed by atoms with Gasteiger partial charge in [-0.1, -0.05) is 19.8 Å². The number of rotatable bonds is 4. The molecule has 17 heavy (non-hydrogen) atoms. The summed E-state index contributed by atoms with van der Waals surface area (Å²) in [4.78, 5) is 15.9. The van der Waals surface area contributed by atoms with Crippen molar-refractivity contribution in [3.8, 4) is 0 Å². The highest BCUT2D eigenvalue weighted by Gasteiger charge is 2.28. The third-order valence-corrected chi connectivity index (χ3v) is 3.80. The van der Waals surface area contributed by atoms with Crippen LogP contribution in [0.2, 0.25) is 0 Å². The average Bonchev–Trinajstić information content (AvgIpc) is 2.35. The van der Waals surface area contributed by atoms with Crippen molar-refractivity contribution in [2.45, 2.75) is 45.4 Å². The lowest BCUT2D eigenvalue weighted by atomic mass is 9.76. The lowest BCUT2D eigenvalue weighted by Crippen LogP contribution is -2.26. The van der Waals surface area contributed by atoms with E-state index >= 15 is 0 Å². The quantitative estimate of drug-likeness (QED) is 0.794. The molecule has 1 heterocycles. The Morgan fingerprint density at radius 3 is 2.82 bits per heavy atom. The number of nitrogens with zero attached hydrogens (tertiary/aromatic N) is 1. The van der Waals surface area contributed by atoms with E-state index in [2.05, 4.69) is 11.9 Å². The molecule has 1 aliphatic carbocycles. The number of aromatic nitrogens is 1. The Hall–Kier alpha value is -1.18. The summed E-state index contributed by atoms with van der Waals surface area (Å²) in [6.07, 6.45) is 10.0. The molecule has 1 fully saturated rings. The molecule has 2 rings (SSSR count). The van der Waals surface area contributed by atoms with Crippen LogP contribution in [0.1, 0.15) is 44.6 Å². The van der Waals surface area contributed by atoms with E-state index in [4.69, 9.17) is 0 Å². The fourth-order valence-electron chi connectivity index (χ4n) is 2.87. The summed E-state index contributed by atoms with van der Waals surface area (Å²) in [5.41, 5.74) is 1.25. The van der Waals surface area contributed by atoms with Gasteiger partial charge in [0.2, 0.25) is 0 Å². The second kappa shape index (κ2) is 5.95. The van der Waals surface area contributed by atoms with Gasteiger partial charge in [0.1, 0.15) is 5.78 Å². The summed E-state index contributed by atoms with van der Waals surface area (Å²) >= 11 is 0. The Labute approximate surface area is 103 Å². The first-order chi connectivity index (χ1) is 8.29. The summed E-state index contributed by atoms with van der Waals surface area (Å²) in [6, 6.07) is 4.05. The van der Waals surface area contributed by atoms with E-state index in [9.17, 15) is 4.79 Å². The standard InChI is InChI=1S/C15H21NO/c1-2-3-12-4-5-15(17)14(10-12)11-13-6-8-16-9-7-13/h6-9,12,14H,2-5,10-11H2,1H3. The minimum Gasteiger partial charge on any atom is -0.299 e. The first kappa shape index (κ1) is 12.3. The van der Waals surface area contributed by atoms with Crippen LogP contribution in [-0.4, -0.2) is 10.8 Å². The van der Waals surface area contributed by atoms with Crippen LogP contribution in [0.5, 0.6) is 0 Å². The van der Waals surface area contributed by atoms with Gasteiger partial charge in [-0.3, -0.25) is 9.78 Å². The van der Waals surface area contributed by atoms with Crippen LogP contribution in [0.4, 0.5) is 0 Å². The molecular weight excluding hydrogens is 210 g/mol. The Bertz CT molecular complexity index is 360. The van der Waals surface area contributed by atoms with Crippen molar-refractivity contribution in [2.75, 3.05) is 0 Å². The highest BCUT2D eigenvalue weighted by molar-refractivity contribution is 5.82. The van der Waals surface area contributed by atoms with Gasteiger partial charge in [-0.2, -0.15) is 0 Å². The predicted octanol–water partition coefficient (Wildman–Crippen LogP) is 3.41. The smallest absolute Gasteiger partial charge is 0.136 e. The topological polar surface area (TPSA) is 30.0 Å². The van der Waals surface area contributed by atoms with E-state index in [-0.39, 0.29) is 5.92 Å². The van der Waals surface area contributed by atoms with E-state index in [1.807, 2.05) is 24.5 Å². The van der Waals surface area contributed by atoms with Gasteiger partial charge in [-0.25, -0.2) is 0 Å². The van der Waals surface area contributed by atoms with Crippen LogP contribution in [-0.2, 0) is 11.2 Å². The van der Waals surface area contributed by atoms with Gasteiger partial charge < -0.3 is 0 Å². The zero-order chi connectivity index (χ0) is 12.1. The van der Waals surface area contributed by atoms with E-state index < -0.39 is 0 Å². The molecule has 0 N–H and O–H groups in total. The van der Waals surface area contributed by atoms with Crippen molar-refractivity contribution >= 4 is 5.78 Å². The molecule has 0 amide bonds. The normalized spacial score (nSPS) is 24.9. The lowest BCUT2D eigenvalue weighted by molar-refractivity contribution is -0.125. The molecule has 0 saturated heterocycles. The van der Waals surface area contributed by atoms with Crippen molar-refractivity contribution < 1.29 is 4.79 Å². The molecule has 1 aromatic rings. The molecule has 1 saturated carbocycles. The van der Waals surface area contributed by atoms with Gasteiger partial charge in [0.15, 0.2) is 0 Å². The van der Waals surface area contributed by atoms with Gasteiger partial charge in [0.25, 0.3) is 0 Å². The maximum absolute atomic E-state index is 11.9. The van der Waals surface area contributed by atoms with Crippen LogP contribution < -0.4 is 0 Å². The van der Waals surface area contributed by atoms with Crippen molar-refractivity contribution in [3.63, 3.8) is 0 Å². The third kappa shape index (κ3) is 3.39. The largest absolute Gasteiger partial charge is 0.299 e. The van der Waals surface area contributed by atoms with Crippen molar-refractivity contribution in [2.24, 2.45) is 11.8 Å². The summed E-state index contributed by atoms with van der Waals surface area (Å²) in [6.45, 7) is 2.23. The maximum Gasteiger partial charge on any atom is 0.136 e. The van der Waals surface area contributed by atoms with Crippen LogP contribution in [0.15, 0.2) is 24.5 Å². The van der Waals surface area contributed by atoms with Crippen molar-refractivity contribution in [3.05, 3.63) is 30.1 Å². The molecular formula is C15H21NO. The summed E-state index contributed by atoms with van der Waals surface area (Å²) in [7, 11) is 0. The minimum absolute atomic E-state index is 0.252. The highest BCUT2D eigenvalue weighted by Crippen LogP contribution is 2.31. The number of carbonyl (C=O) groups is 1. The molecule has 0 spiro atoms. The van der Waals surface area contributed by atoms with E-state index in [0.29, 0.717) is 5.78 Å². The Balaban J connectivity index is 1.96. The number of hydrogen-bond donors (Lipinski definition) is 0. The summed E-state index contributed by atoms with van der Waals surface area (Å²) < 4.78 is 0. The summed E-state index contributed by atoms with van der Waals surface area (Å²) in [5.74, 6) is 1.49. The lowest BCUT2D eigenvalue weighted by Gasteiger charge is -2.28. The first-order valence-electron chi connectivity index (χ1n) is 6.71. The van der Waals surface area contributed by atoms with Crippen LogP contribution >= 0.6 is 0 Å². The monoisotopic (exact) mass is 231 g/mol. The van der Waals surface area contributed by atoms with E-state index in [0.717, 1.165) is 31.6 Å². The van der Waals surface area contributed by atoms with Gasteiger partial charge in [-0.05, 0) is 42.9 Å². The van der Waals surface area contributed by atoms with Gasteiger partial charge in [0, 0.05) is 24.7 Å². The number of hydrogen-bond acceptors (Lipinski definition) is 2. The molecule has 2 heteroatoms. The van der Waals surface area contributed by atoms with E-state index in [1.165, 1.54) is 18.4 Å². The SMILES string of the molecule is CCCC1CCC(=O)C(Cc2ccncc2)C1. The maximum atomic E-state index is 11.9. The minimum atomic E-state index is 0.252. The highest BCUT2D eigenvalue weighted by atomic mass is 16.1. The van der Waals surface area contributed by atoms with Gasteiger partial charge in [-0.15, -0.1) is 0 Å². The van der Waals surface area contributed by atoms with Gasteiger partial charge in [0.05, 0.1) is 0 Å². The van der Waals surface area contributed by atoms with Gasteiger partial charge >= 0.3 is 0 Å². The molecule has 2 unspecified atom stereocenters. The van der Waals surface area contributed by atoms with Crippen LogP contribution in [0.3, 0.4) is 0 Å². The zero-order valence-electron chi connectivity index (χ0n) is 10.6. The molecule has 0 aliphatic heterocycles. The Morgan fingerprint density at radius 2 is 2.12 bits per heavy atom. The average molecular weight is 231 g/mol. The second-order valence-corrected chi connectivity index (χ2v) is 5.15. The second-order valence-electron chi connectivity index (χ2n) is 5.15. The predicted molar refractivity (Wildman–Crippen MR) is 68.7 cm³/mol. The number of ketones is 1.